The summed E-state index contributed by atoms with van der Waals surface area (Å²) in [5.41, 5.74) is 0.910. The van der Waals surface area contributed by atoms with Gasteiger partial charge in [0, 0.05) is 16.3 Å². The van der Waals surface area contributed by atoms with Crippen LogP contribution in [0.15, 0.2) is 62.6 Å². The Morgan fingerprint density at radius 3 is 2.74 bits per heavy atom. The molecule has 4 nitrogen and oxygen atoms in total. The Morgan fingerprint density at radius 1 is 1.13 bits per heavy atom. The summed E-state index contributed by atoms with van der Waals surface area (Å²) in [5.74, 6) is 1.98. The number of aromatic nitrogens is 2. The van der Waals surface area contributed by atoms with Gasteiger partial charge in [0.15, 0.2) is 0 Å². The van der Waals surface area contributed by atoms with Crippen LogP contribution >= 0.6 is 39.3 Å². The van der Waals surface area contributed by atoms with Crippen molar-refractivity contribution in [2.75, 3.05) is 12.4 Å². The molecule has 0 atom stereocenters. The first-order chi connectivity index (χ1) is 11.2. The summed E-state index contributed by atoms with van der Waals surface area (Å²) in [7, 11) is 0. The lowest BCUT2D eigenvalue weighted by Gasteiger charge is -2.07. The Hall–Kier alpha value is -1.50. The Balaban J connectivity index is 1.50. The topological polar surface area (TPSA) is 48.2 Å². The standard InChI is InChI=1S/C16H12BrClN2O2S/c17-13-10-12(18)6-7-14(13)21-8-9-23-16-20-19-15(22-16)11-4-2-1-3-5-11/h1-7,10H,8-9H2. The molecule has 0 unspecified atom stereocenters. The summed E-state index contributed by atoms with van der Waals surface area (Å²) in [6, 6.07) is 15.1. The summed E-state index contributed by atoms with van der Waals surface area (Å²) >= 11 is 10.8. The molecule has 0 saturated heterocycles. The van der Waals surface area contributed by atoms with E-state index < -0.39 is 0 Å². The second kappa shape index (κ2) is 7.86. The molecule has 0 amide bonds. The molecule has 1 aromatic heterocycles. The predicted molar refractivity (Wildman–Crippen MR) is 95.1 cm³/mol. The van der Waals surface area contributed by atoms with E-state index in [2.05, 4.69) is 26.1 Å². The van der Waals surface area contributed by atoms with Gasteiger partial charge in [-0.05, 0) is 46.3 Å². The summed E-state index contributed by atoms with van der Waals surface area (Å²) in [6.45, 7) is 0.522. The predicted octanol–water partition coefficient (Wildman–Crippen LogP) is 5.32. The lowest BCUT2D eigenvalue weighted by molar-refractivity contribution is 0.341. The van der Waals surface area contributed by atoms with Crippen LogP contribution in [-0.2, 0) is 0 Å². The van der Waals surface area contributed by atoms with Gasteiger partial charge in [0.1, 0.15) is 5.75 Å². The fraction of sp³-hybridized carbons (Fsp3) is 0.125. The van der Waals surface area contributed by atoms with Crippen molar-refractivity contribution in [3.63, 3.8) is 0 Å². The van der Waals surface area contributed by atoms with E-state index in [0.717, 1.165) is 15.8 Å². The van der Waals surface area contributed by atoms with Gasteiger partial charge in [-0.3, -0.25) is 0 Å². The number of ether oxygens (including phenoxy) is 1. The van der Waals surface area contributed by atoms with Crippen LogP contribution in [-0.4, -0.2) is 22.6 Å². The second-order valence-corrected chi connectivity index (χ2v) is 6.85. The number of hydrogen-bond donors (Lipinski definition) is 0. The minimum atomic E-state index is 0.522. The normalized spacial score (nSPS) is 10.7. The molecule has 0 aliphatic heterocycles. The molecule has 0 bridgehead atoms. The fourth-order valence-corrected chi connectivity index (χ4v) is 3.21. The van der Waals surface area contributed by atoms with Gasteiger partial charge < -0.3 is 9.15 Å². The highest BCUT2D eigenvalue weighted by molar-refractivity contribution is 9.10. The summed E-state index contributed by atoms with van der Waals surface area (Å²) in [6.07, 6.45) is 0. The minimum absolute atomic E-state index is 0.522. The SMILES string of the molecule is Clc1ccc(OCCSc2nnc(-c3ccccc3)o2)c(Br)c1. The van der Waals surface area contributed by atoms with E-state index in [0.29, 0.717) is 28.5 Å². The average Bonchev–Trinajstić information content (AvgIpc) is 3.03. The highest BCUT2D eigenvalue weighted by atomic mass is 79.9. The molecule has 118 valence electrons. The van der Waals surface area contributed by atoms with Gasteiger partial charge in [0.05, 0.1) is 11.1 Å². The van der Waals surface area contributed by atoms with Crippen molar-refractivity contribution in [2.24, 2.45) is 0 Å². The average molecular weight is 412 g/mol. The zero-order valence-corrected chi connectivity index (χ0v) is 15.1. The molecule has 0 saturated carbocycles. The molecule has 0 N–H and O–H groups in total. The third-order valence-electron chi connectivity index (χ3n) is 2.89. The van der Waals surface area contributed by atoms with Crippen LogP contribution in [0.2, 0.25) is 5.02 Å². The Kier molecular flexibility index (Phi) is 5.59. The maximum Gasteiger partial charge on any atom is 0.276 e. The first kappa shape index (κ1) is 16.4. The monoisotopic (exact) mass is 410 g/mol. The van der Waals surface area contributed by atoms with Gasteiger partial charge in [-0.25, -0.2) is 0 Å². The first-order valence-electron chi connectivity index (χ1n) is 6.82. The third-order valence-corrected chi connectivity index (χ3v) is 4.53. The van der Waals surface area contributed by atoms with Crippen LogP contribution in [0.4, 0.5) is 0 Å². The zero-order valence-electron chi connectivity index (χ0n) is 11.9. The maximum atomic E-state index is 5.89. The first-order valence-corrected chi connectivity index (χ1v) is 8.97. The largest absolute Gasteiger partial charge is 0.492 e. The molecule has 0 radical (unpaired) electrons. The van der Waals surface area contributed by atoms with Crippen LogP contribution in [0.25, 0.3) is 11.5 Å². The van der Waals surface area contributed by atoms with Crippen LogP contribution in [0.3, 0.4) is 0 Å². The highest BCUT2D eigenvalue weighted by Crippen LogP contribution is 2.28. The molecule has 2 aromatic carbocycles. The lowest BCUT2D eigenvalue weighted by atomic mass is 10.2. The molecule has 0 fully saturated rings. The molecular weight excluding hydrogens is 400 g/mol. The molecule has 3 aromatic rings. The summed E-state index contributed by atoms with van der Waals surface area (Å²) in [4.78, 5) is 0. The number of rotatable bonds is 6. The van der Waals surface area contributed by atoms with Crippen LogP contribution in [0, 0.1) is 0 Å². The van der Waals surface area contributed by atoms with Gasteiger partial charge in [0.25, 0.3) is 5.22 Å². The smallest absolute Gasteiger partial charge is 0.276 e. The van der Waals surface area contributed by atoms with Crippen molar-refractivity contribution in [3.05, 3.63) is 58.0 Å². The van der Waals surface area contributed by atoms with Crippen molar-refractivity contribution < 1.29 is 9.15 Å². The Morgan fingerprint density at radius 2 is 1.96 bits per heavy atom. The van der Waals surface area contributed by atoms with Crippen molar-refractivity contribution in [1.82, 2.24) is 10.2 Å². The summed E-state index contributed by atoms with van der Waals surface area (Å²) < 4.78 is 12.1. The number of hydrogen-bond acceptors (Lipinski definition) is 5. The number of thioether (sulfide) groups is 1. The Labute approximate surface area is 151 Å². The second-order valence-electron chi connectivity index (χ2n) is 4.51. The van der Waals surface area contributed by atoms with Gasteiger partial charge in [0.2, 0.25) is 5.89 Å². The number of benzene rings is 2. The van der Waals surface area contributed by atoms with Crippen molar-refractivity contribution in [2.45, 2.75) is 5.22 Å². The van der Waals surface area contributed by atoms with Gasteiger partial charge in [-0.2, -0.15) is 0 Å². The minimum Gasteiger partial charge on any atom is -0.492 e. The van der Waals surface area contributed by atoms with E-state index in [9.17, 15) is 0 Å². The molecule has 7 heteroatoms. The van der Waals surface area contributed by atoms with E-state index in [1.54, 1.807) is 12.1 Å². The molecular formula is C16H12BrClN2O2S. The van der Waals surface area contributed by atoms with E-state index in [4.69, 9.17) is 20.8 Å². The number of nitrogens with zero attached hydrogens (tertiary/aromatic N) is 2. The van der Waals surface area contributed by atoms with Crippen LogP contribution in [0.1, 0.15) is 0 Å². The van der Waals surface area contributed by atoms with Gasteiger partial charge in [-0.1, -0.05) is 41.6 Å². The van der Waals surface area contributed by atoms with E-state index >= 15 is 0 Å². The van der Waals surface area contributed by atoms with E-state index in [1.165, 1.54) is 11.8 Å². The van der Waals surface area contributed by atoms with Crippen molar-refractivity contribution in [3.8, 4) is 17.2 Å². The van der Waals surface area contributed by atoms with E-state index in [-0.39, 0.29) is 0 Å². The highest BCUT2D eigenvalue weighted by Gasteiger charge is 2.09. The van der Waals surface area contributed by atoms with Crippen molar-refractivity contribution >= 4 is 39.3 Å². The van der Waals surface area contributed by atoms with Crippen LogP contribution < -0.4 is 4.74 Å². The molecule has 0 aliphatic carbocycles. The number of halogens is 2. The van der Waals surface area contributed by atoms with E-state index in [1.807, 2.05) is 36.4 Å². The van der Waals surface area contributed by atoms with Gasteiger partial charge in [-0.15, -0.1) is 10.2 Å². The van der Waals surface area contributed by atoms with Crippen LogP contribution in [0.5, 0.6) is 5.75 Å². The molecule has 23 heavy (non-hydrogen) atoms. The van der Waals surface area contributed by atoms with Gasteiger partial charge >= 0.3 is 0 Å². The third kappa shape index (κ3) is 4.50. The Bertz CT molecular complexity index is 783. The van der Waals surface area contributed by atoms with Crippen molar-refractivity contribution in [1.29, 1.82) is 0 Å². The molecule has 1 heterocycles. The summed E-state index contributed by atoms with van der Waals surface area (Å²) in [5, 5.41) is 9.27. The lowest BCUT2D eigenvalue weighted by Crippen LogP contribution is -2.00. The molecule has 0 spiro atoms. The molecule has 0 aliphatic rings. The molecule has 3 rings (SSSR count). The fourth-order valence-electron chi connectivity index (χ4n) is 1.84. The zero-order chi connectivity index (χ0) is 16.1. The maximum absolute atomic E-state index is 5.89. The quantitative estimate of drug-likeness (QED) is 0.405.